The Hall–Kier alpha value is -1.44. The maximum absolute atomic E-state index is 11.6. The highest BCUT2D eigenvalue weighted by molar-refractivity contribution is 5.96. The lowest BCUT2D eigenvalue weighted by atomic mass is 9.80. The Morgan fingerprint density at radius 2 is 1.88 bits per heavy atom. The summed E-state index contributed by atoms with van der Waals surface area (Å²) in [6.45, 7) is 7.18. The van der Waals surface area contributed by atoms with Crippen LogP contribution in [-0.2, 0) is 10.2 Å². The Balaban J connectivity index is 3.17. The van der Waals surface area contributed by atoms with Crippen LogP contribution in [-0.4, -0.2) is 11.6 Å². The van der Waals surface area contributed by atoms with Crippen molar-refractivity contribution in [1.82, 2.24) is 0 Å². The molecule has 2 nitrogen and oxygen atoms in total. The van der Waals surface area contributed by atoms with Crippen molar-refractivity contribution >= 4 is 11.6 Å². The molecule has 0 radical (unpaired) electrons. The molecule has 0 spiro atoms. The van der Waals surface area contributed by atoms with E-state index in [0.717, 1.165) is 5.56 Å². The van der Waals surface area contributed by atoms with E-state index in [-0.39, 0.29) is 11.6 Å². The summed E-state index contributed by atoms with van der Waals surface area (Å²) >= 11 is 0. The molecule has 0 aromatic heterocycles. The van der Waals surface area contributed by atoms with E-state index in [0.29, 0.717) is 12.0 Å². The van der Waals surface area contributed by atoms with Gasteiger partial charge in [0.25, 0.3) is 0 Å². The first kappa shape index (κ1) is 12.6. The monoisotopic (exact) mass is 218 g/mol. The first-order valence-electron chi connectivity index (χ1n) is 5.54. The minimum atomic E-state index is -0.524. The van der Waals surface area contributed by atoms with Crippen LogP contribution in [0.1, 0.15) is 50.0 Å². The number of carbonyl (C=O) groups excluding carboxylic acids is 2. The standard InChI is InChI=1S/C14H18O2/c1-5-13(16)11-7-6-8-12(9-11)14(3,4)10(2)15/h6-9H,5H2,1-4H3. The van der Waals surface area contributed by atoms with Gasteiger partial charge in [-0.25, -0.2) is 0 Å². The number of hydrogen-bond donors (Lipinski definition) is 0. The van der Waals surface area contributed by atoms with Gasteiger partial charge in [-0.05, 0) is 32.4 Å². The molecule has 0 heterocycles. The van der Waals surface area contributed by atoms with Crippen molar-refractivity contribution in [3.63, 3.8) is 0 Å². The molecule has 0 fully saturated rings. The van der Waals surface area contributed by atoms with Crippen molar-refractivity contribution in [2.24, 2.45) is 0 Å². The molecule has 0 atom stereocenters. The van der Waals surface area contributed by atoms with Crippen molar-refractivity contribution in [2.75, 3.05) is 0 Å². The van der Waals surface area contributed by atoms with Gasteiger partial charge in [0.05, 0.1) is 0 Å². The molecule has 0 aliphatic carbocycles. The van der Waals surface area contributed by atoms with Gasteiger partial charge in [-0.15, -0.1) is 0 Å². The molecule has 1 aromatic rings. The van der Waals surface area contributed by atoms with E-state index >= 15 is 0 Å². The third-order valence-electron chi connectivity index (χ3n) is 3.11. The number of ketones is 2. The van der Waals surface area contributed by atoms with Crippen molar-refractivity contribution in [2.45, 2.75) is 39.5 Å². The smallest absolute Gasteiger partial charge is 0.162 e. The molecule has 86 valence electrons. The van der Waals surface area contributed by atoms with Crippen LogP contribution in [0.4, 0.5) is 0 Å². The SMILES string of the molecule is CCC(=O)c1cccc(C(C)(C)C(C)=O)c1. The molecule has 2 heteroatoms. The lowest BCUT2D eigenvalue weighted by molar-refractivity contribution is -0.121. The fourth-order valence-electron chi connectivity index (χ4n) is 1.49. The van der Waals surface area contributed by atoms with Gasteiger partial charge in [-0.2, -0.15) is 0 Å². The molecule has 16 heavy (non-hydrogen) atoms. The van der Waals surface area contributed by atoms with E-state index in [4.69, 9.17) is 0 Å². The Bertz CT molecular complexity index is 416. The number of rotatable bonds is 4. The second-order valence-electron chi connectivity index (χ2n) is 4.54. The molecule has 0 saturated carbocycles. The highest BCUT2D eigenvalue weighted by atomic mass is 16.1. The zero-order chi connectivity index (χ0) is 12.3. The maximum Gasteiger partial charge on any atom is 0.162 e. The van der Waals surface area contributed by atoms with Crippen molar-refractivity contribution in [3.8, 4) is 0 Å². The summed E-state index contributed by atoms with van der Waals surface area (Å²) in [6, 6.07) is 7.36. The van der Waals surface area contributed by atoms with Crippen molar-refractivity contribution in [1.29, 1.82) is 0 Å². The van der Waals surface area contributed by atoms with Crippen LogP contribution in [0.2, 0.25) is 0 Å². The van der Waals surface area contributed by atoms with Gasteiger partial charge in [0.1, 0.15) is 5.78 Å². The molecule has 0 bridgehead atoms. The summed E-state index contributed by atoms with van der Waals surface area (Å²) in [6.07, 6.45) is 0.490. The summed E-state index contributed by atoms with van der Waals surface area (Å²) < 4.78 is 0. The zero-order valence-electron chi connectivity index (χ0n) is 10.3. The minimum Gasteiger partial charge on any atom is -0.299 e. The Kier molecular flexibility index (Phi) is 3.63. The zero-order valence-corrected chi connectivity index (χ0v) is 10.3. The minimum absolute atomic E-state index is 0.105. The summed E-state index contributed by atoms with van der Waals surface area (Å²) in [4.78, 5) is 23.1. The van der Waals surface area contributed by atoms with Gasteiger partial charge in [-0.1, -0.05) is 25.1 Å². The third kappa shape index (κ3) is 2.38. The van der Waals surface area contributed by atoms with Gasteiger partial charge < -0.3 is 0 Å². The molecule has 0 saturated heterocycles. The maximum atomic E-state index is 11.6. The highest BCUT2D eigenvalue weighted by Gasteiger charge is 2.26. The van der Waals surface area contributed by atoms with Crippen LogP contribution >= 0.6 is 0 Å². The van der Waals surface area contributed by atoms with Crippen LogP contribution in [0.25, 0.3) is 0 Å². The molecule has 1 aromatic carbocycles. The summed E-state index contributed by atoms with van der Waals surface area (Å²) in [5, 5.41) is 0. The molecule has 0 amide bonds. The lowest BCUT2D eigenvalue weighted by Gasteiger charge is -2.22. The van der Waals surface area contributed by atoms with Gasteiger partial charge in [0.2, 0.25) is 0 Å². The van der Waals surface area contributed by atoms with Crippen molar-refractivity contribution < 1.29 is 9.59 Å². The van der Waals surface area contributed by atoms with Crippen LogP contribution < -0.4 is 0 Å². The number of Topliss-reactive ketones (excluding diaryl/α,β-unsaturated/α-hetero) is 2. The first-order chi connectivity index (χ1) is 7.39. The fourth-order valence-corrected chi connectivity index (χ4v) is 1.49. The molecule has 0 unspecified atom stereocenters. The molecule has 1 rings (SSSR count). The molecular formula is C14H18O2. The van der Waals surface area contributed by atoms with Gasteiger partial charge in [-0.3, -0.25) is 9.59 Å². The normalized spacial score (nSPS) is 11.2. The van der Waals surface area contributed by atoms with E-state index in [2.05, 4.69) is 0 Å². The number of hydrogen-bond acceptors (Lipinski definition) is 2. The van der Waals surface area contributed by atoms with E-state index in [1.54, 1.807) is 13.0 Å². The average Bonchev–Trinajstić information content (AvgIpc) is 2.28. The van der Waals surface area contributed by atoms with E-state index in [9.17, 15) is 9.59 Å². The summed E-state index contributed by atoms with van der Waals surface area (Å²) in [7, 11) is 0. The molecule has 0 aliphatic heterocycles. The average molecular weight is 218 g/mol. The van der Waals surface area contributed by atoms with Crippen molar-refractivity contribution in [3.05, 3.63) is 35.4 Å². The van der Waals surface area contributed by atoms with E-state index in [1.807, 2.05) is 39.0 Å². The Morgan fingerprint density at radius 1 is 1.25 bits per heavy atom. The first-order valence-corrected chi connectivity index (χ1v) is 5.54. The van der Waals surface area contributed by atoms with Crippen LogP contribution in [0.15, 0.2) is 24.3 Å². The number of benzene rings is 1. The van der Waals surface area contributed by atoms with Crippen LogP contribution in [0.3, 0.4) is 0 Å². The lowest BCUT2D eigenvalue weighted by Crippen LogP contribution is -2.26. The Labute approximate surface area is 96.7 Å². The summed E-state index contributed by atoms with van der Waals surface area (Å²) in [5.74, 6) is 0.217. The predicted octanol–water partition coefficient (Wildman–Crippen LogP) is 3.15. The summed E-state index contributed by atoms with van der Waals surface area (Å²) in [5.41, 5.74) is 1.07. The molecule has 0 N–H and O–H groups in total. The highest BCUT2D eigenvalue weighted by Crippen LogP contribution is 2.25. The third-order valence-corrected chi connectivity index (χ3v) is 3.11. The molecular weight excluding hydrogens is 200 g/mol. The quantitative estimate of drug-likeness (QED) is 0.727. The number of carbonyl (C=O) groups is 2. The van der Waals surface area contributed by atoms with E-state index in [1.165, 1.54) is 0 Å². The van der Waals surface area contributed by atoms with Gasteiger partial charge in [0.15, 0.2) is 5.78 Å². The topological polar surface area (TPSA) is 34.1 Å². The predicted molar refractivity (Wildman–Crippen MR) is 64.8 cm³/mol. The van der Waals surface area contributed by atoms with Gasteiger partial charge >= 0.3 is 0 Å². The second kappa shape index (κ2) is 4.60. The second-order valence-corrected chi connectivity index (χ2v) is 4.54. The van der Waals surface area contributed by atoms with Crippen LogP contribution in [0.5, 0.6) is 0 Å². The molecule has 0 aliphatic rings. The van der Waals surface area contributed by atoms with Gasteiger partial charge in [0, 0.05) is 17.4 Å². The van der Waals surface area contributed by atoms with E-state index < -0.39 is 5.41 Å². The largest absolute Gasteiger partial charge is 0.299 e. The van der Waals surface area contributed by atoms with Crippen LogP contribution in [0, 0.1) is 0 Å². The fraction of sp³-hybridized carbons (Fsp3) is 0.429. The Morgan fingerprint density at radius 3 is 2.38 bits per heavy atom.